The van der Waals surface area contributed by atoms with Crippen molar-refractivity contribution in [3.05, 3.63) is 23.3 Å². The molecule has 4 fully saturated rings. The molecule has 0 radical (unpaired) electrons. The summed E-state index contributed by atoms with van der Waals surface area (Å²) in [7, 11) is 7.76. The van der Waals surface area contributed by atoms with Gasteiger partial charge in [0.1, 0.15) is 37.6 Å². The van der Waals surface area contributed by atoms with Crippen LogP contribution in [0.4, 0.5) is 0 Å². The smallest absolute Gasteiger partial charge is 0.333 e. The van der Waals surface area contributed by atoms with E-state index in [0.29, 0.717) is 62.8 Å². The Morgan fingerprint density at radius 2 is 1.12 bits per heavy atom. The van der Waals surface area contributed by atoms with Crippen LogP contribution < -0.4 is 0 Å². The average molecular weight is 717 g/mol. The third-order valence-electron chi connectivity index (χ3n) is 11.6. The van der Waals surface area contributed by atoms with Crippen molar-refractivity contribution in [2.45, 2.75) is 101 Å². The predicted molar refractivity (Wildman–Crippen MR) is 183 cm³/mol. The minimum absolute atomic E-state index is 0.0418. The summed E-state index contributed by atoms with van der Waals surface area (Å²) < 4.78 is 40.6. The van der Waals surface area contributed by atoms with Crippen LogP contribution in [0.3, 0.4) is 0 Å². The quantitative estimate of drug-likeness (QED) is 0.126. The summed E-state index contributed by atoms with van der Waals surface area (Å²) in [5.74, 6) is -1.77. The summed E-state index contributed by atoms with van der Waals surface area (Å²) in [5, 5.41) is 0. The minimum Gasteiger partial charge on any atom is -0.460 e. The Labute approximate surface area is 301 Å². The fourth-order valence-electron chi connectivity index (χ4n) is 8.64. The fourth-order valence-corrected chi connectivity index (χ4v) is 8.64. The zero-order valence-corrected chi connectivity index (χ0v) is 31.1. The van der Waals surface area contributed by atoms with Crippen LogP contribution in [0.15, 0.2) is 23.3 Å². The Morgan fingerprint density at radius 3 is 1.51 bits per heavy atom. The van der Waals surface area contributed by atoms with E-state index in [0.717, 1.165) is 12.8 Å². The number of carbonyl (C=O) groups is 4. The first-order chi connectivity index (χ1) is 24.3. The zero-order chi connectivity index (χ0) is 36.5. The van der Waals surface area contributed by atoms with Gasteiger partial charge in [-0.25, -0.2) is 9.59 Å². The van der Waals surface area contributed by atoms with Crippen LogP contribution in [0.5, 0.6) is 0 Å². The van der Waals surface area contributed by atoms with Gasteiger partial charge in [0.15, 0.2) is 0 Å². The molecule has 2 aliphatic carbocycles. The van der Waals surface area contributed by atoms with E-state index in [9.17, 15) is 19.2 Å². The highest BCUT2D eigenvalue weighted by molar-refractivity contribution is 5.89. The summed E-state index contributed by atoms with van der Waals surface area (Å²) in [4.78, 5) is 55.8. The molecule has 51 heavy (non-hydrogen) atoms. The molecule has 4 saturated heterocycles. The van der Waals surface area contributed by atoms with Crippen molar-refractivity contribution in [1.29, 1.82) is 0 Å². The van der Waals surface area contributed by atoms with Gasteiger partial charge in [-0.15, -0.1) is 0 Å². The van der Waals surface area contributed by atoms with Gasteiger partial charge in [-0.05, 0) is 93.4 Å². The second-order valence-corrected chi connectivity index (χ2v) is 16.1. The number of esters is 4. The molecule has 10 atom stereocenters. The van der Waals surface area contributed by atoms with Crippen molar-refractivity contribution in [3.8, 4) is 0 Å². The molecular formula is C38H56N2O11. The first kappa shape index (κ1) is 37.9. The molecule has 0 saturated carbocycles. The molecule has 0 bridgehead atoms. The van der Waals surface area contributed by atoms with Gasteiger partial charge in [-0.2, -0.15) is 0 Å². The number of rotatable bonds is 12. The van der Waals surface area contributed by atoms with E-state index in [4.69, 9.17) is 33.2 Å². The van der Waals surface area contributed by atoms with Crippen LogP contribution in [-0.4, -0.2) is 137 Å². The largest absolute Gasteiger partial charge is 0.460 e. The Morgan fingerprint density at radius 1 is 0.706 bits per heavy atom. The lowest BCUT2D eigenvalue weighted by Crippen LogP contribution is -2.34. The van der Waals surface area contributed by atoms with Crippen molar-refractivity contribution in [1.82, 2.24) is 9.80 Å². The summed E-state index contributed by atoms with van der Waals surface area (Å²) >= 11 is 0. The van der Waals surface area contributed by atoms with Crippen LogP contribution in [0, 0.1) is 23.7 Å². The molecular weight excluding hydrogens is 660 g/mol. The van der Waals surface area contributed by atoms with Crippen LogP contribution >= 0.6 is 0 Å². The molecule has 0 N–H and O–H groups in total. The maximum atomic E-state index is 13.1. The lowest BCUT2D eigenvalue weighted by Gasteiger charge is -2.24. The topological polar surface area (TPSA) is 146 Å². The standard InChI is InChI=1S/C38H56N2O11/c1-37-15-7-9-23(11-13-25-27(21-39(3)4)35(43)48-29(25)31(37)50-37)33(41)46-19-17-45-18-20-47-34(42)24-10-8-16-38(2)32(51-38)30-26(14-12-24)28(22-40(5)6)36(44)49-30/h9-10,25-32H,7-8,11-22H2,1-6H3/b23-9+,24-10+/t25-,26-,27-,28-,29-,30-,31-,32-,37+,38+/m0/s1. The van der Waals surface area contributed by atoms with Crippen molar-refractivity contribution in [2.24, 2.45) is 23.7 Å². The molecule has 0 spiro atoms. The SMILES string of the molecule is CN(C)C[C@@H]1C(=O)O[C@H]2[C@H]1CC/C(C(=O)OCCOCCOC(=O)/C1=C/CC[C@@]3(C)O[C@H]3[C@H]3OC(=O)[C@@H](CN(C)C)[C@@H]3CC1)=C\CC[C@@]1(C)O[C@@H]21. The highest BCUT2D eigenvalue weighted by Gasteiger charge is 2.64. The summed E-state index contributed by atoms with van der Waals surface area (Å²) in [6.07, 6.45) is 8.10. The number of epoxide rings is 2. The number of fused-ring (bicyclic) bond motifs is 6. The predicted octanol–water partition coefficient (Wildman–Crippen LogP) is 2.84. The average Bonchev–Trinajstić information content (AvgIpc) is 3.87. The van der Waals surface area contributed by atoms with E-state index < -0.39 is 0 Å². The van der Waals surface area contributed by atoms with Gasteiger partial charge in [0.25, 0.3) is 0 Å². The minimum atomic E-state index is -0.390. The molecule has 4 aliphatic heterocycles. The van der Waals surface area contributed by atoms with Gasteiger partial charge in [0, 0.05) is 36.1 Å². The number of hydrogen-bond donors (Lipinski definition) is 0. The van der Waals surface area contributed by atoms with Crippen molar-refractivity contribution >= 4 is 23.9 Å². The molecule has 13 heteroatoms. The molecule has 13 nitrogen and oxygen atoms in total. The van der Waals surface area contributed by atoms with E-state index >= 15 is 0 Å². The van der Waals surface area contributed by atoms with Crippen LogP contribution in [0.1, 0.15) is 65.2 Å². The Bertz CT molecular complexity index is 1290. The van der Waals surface area contributed by atoms with Crippen molar-refractivity contribution in [2.75, 3.05) is 67.7 Å². The molecule has 4 heterocycles. The van der Waals surface area contributed by atoms with Gasteiger partial charge in [0.2, 0.25) is 0 Å². The van der Waals surface area contributed by atoms with Crippen LogP contribution in [0.2, 0.25) is 0 Å². The number of ether oxygens (including phenoxy) is 7. The number of hydrogen-bond acceptors (Lipinski definition) is 13. The number of allylic oxidation sites excluding steroid dienone is 2. The highest BCUT2D eigenvalue weighted by atomic mass is 16.7. The second kappa shape index (κ2) is 15.6. The molecule has 0 aromatic heterocycles. The van der Waals surface area contributed by atoms with E-state index in [2.05, 4.69) is 0 Å². The maximum absolute atomic E-state index is 13.1. The van der Waals surface area contributed by atoms with E-state index in [1.54, 1.807) is 0 Å². The van der Waals surface area contributed by atoms with E-state index in [1.807, 2.05) is 64.0 Å². The molecule has 0 amide bonds. The van der Waals surface area contributed by atoms with Gasteiger partial charge in [-0.1, -0.05) is 12.2 Å². The molecule has 6 aliphatic rings. The fraction of sp³-hybridized carbons (Fsp3) is 0.789. The van der Waals surface area contributed by atoms with Crippen molar-refractivity contribution in [3.63, 3.8) is 0 Å². The van der Waals surface area contributed by atoms with E-state index in [-0.39, 0.29) is 110 Å². The van der Waals surface area contributed by atoms with Gasteiger partial charge in [0.05, 0.1) is 36.3 Å². The number of nitrogens with zero attached hydrogens (tertiary/aromatic N) is 2. The molecule has 0 aromatic rings. The van der Waals surface area contributed by atoms with Gasteiger partial charge < -0.3 is 43.0 Å². The van der Waals surface area contributed by atoms with E-state index in [1.165, 1.54) is 0 Å². The highest BCUT2D eigenvalue weighted by Crippen LogP contribution is 2.51. The summed E-state index contributed by atoms with van der Waals surface area (Å²) in [6.45, 7) is 5.71. The van der Waals surface area contributed by atoms with Crippen LogP contribution in [-0.2, 0) is 52.3 Å². The third kappa shape index (κ3) is 8.70. The first-order valence-corrected chi connectivity index (χ1v) is 18.7. The van der Waals surface area contributed by atoms with Crippen molar-refractivity contribution < 1.29 is 52.3 Å². The first-order valence-electron chi connectivity index (χ1n) is 18.7. The Kier molecular flexibility index (Phi) is 11.6. The lowest BCUT2D eigenvalue weighted by molar-refractivity contribution is -0.146. The summed E-state index contributed by atoms with van der Waals surface area (Å²) in [5.41, 5.74) is 0.465. The lowest BCUT2D eigenvalue weighted by atomic mass is 9.80. The Balaban J connectivity index is 0.937. The second-order valence-electron chi connectivity index (χ2n) is 16.1. The number of carbonyl (C=O) groups excluding carboxylic acids is 4. The zero-order valence-electron chi connectivity index (χ0n) is 31.1. The molecule has 284 valence electrons. The molecule has 0 aromatic carbocycles. The van der Waals surface area contributed by atoms with Crippen LogP contribution in [0.25, 0.3) is 0 Å². The monoisotopic (exact) mass is 716 g/mol. The normalized spacial score (nSPS) is 39.5. The van der Waals surface area contributed by atoms with Gasteiger partial charge in [-0.3, -0.25) is 9.59 Å². The molecule has 6 rings (SSSR count). The molecule has 0 unspecified atom stereocenters. The Hall–Kier alpha value is -2.84. The summed E-state index contributed by atoms with van der Waals surface area (Å²) in [6, 6.07) is 0. The third-order valence-corrected chi connectivity index (χ3v) is 11.6. The van der Waals surface area contributed by atoms with Gasteiger partial charge >= 0.3 is 23.9 Å². The maximum Gasteiger partial charge on any atom is 0.333 e.